The molecule has 0 aliphatic rings. The lowest BCUT2D eigenvalue weighted by Gasteiger charge is -2.06. The average molecular weight is 450 g/mol. The van der Waals surface area contributed by atoms with Gasteiger partial charge in [-0.2, -0.15) is 9.67 Å². The highest BCUT2D eigenvalue weighted by Gasteiger charge is 2.15. The van der Waals surface area contributed by atoms with Crippen molar-refractivity contribution in [3.63, 3.8) is 0 Å². The number of nitrogens with one attached hydrogen (secondary N) is 1. The van der Waals surface area contributed by atoms with Crippen LogP contribution >= 0.6 is 22.9 Å². The standard InChI is InChI=1S/C21H16ClN7OS/c1-12-18(13-7-9-14(30-2)10-8-13)31-21(24-12)26-20-23-11-15(22)19(25-20)29-17-6-4-3-5-16(17)27-28-29/h3-11H,1-2H3,(H,23,24,25,26). The van der Waals surface area contributed by atoms with Crippen LogP contribution in [0.3, 0.4) is 0 Å². The van der Waals surface area contributed by atoms with E-state index in [0.29, 0.717) is 21.9 Å². The Morgan fingerprint density at radius 1 is 1.06 bits per heavy atom. The van der Waals surface area contributed by atoms with Crippen LogP contribution in [0.25, 0.3) is 27.3 Å². The Hall–Kier alpha value is -3.56. The number of fused-ring (bicyclic) bond motifs is 1. The number of methoxy groups -OCH3 is 1. The molecule has 0 unspecified atom stereocenters. The highest BCUT2D eigenvalue weighted by Crippen LogP contribution is 2.34. The maximum Gasteiger partial charge on any atom is 0.231 e. The van der Waals surface area contributed by atoms with Crippen molar-refractivity contribution in [2.75, 3.05) is 12.4 Å². The van der Waals surface area contributed by atoms with Gasteiger partial charge in [0.15, 0.2) is 10.9 Å². The first-order chi connectivity index (χ1) is 15.1. The molecule has 1 N–H and O–H groups in total. The maximum atomic E-state index is 6.36. The highest BCUT2D eigenvalue weighted by molar-refractivity contribution is 7.19. The van der Waals surface area contributed by atoms with Crippen LogP contribution < -0.4 is 10.1 Å². The van der Waals surface area contributed by atoms with Crippen molar-refractivity contribution in [3.05, 3.63) is 65.4 Å². The number of hydrogen-bond donors (Lipinski definition) is 1. The van der Waals surface area contributed by atoms with E-state index < -0.39 is 0 Å². The van der Waals surface area contributed by atoms with Crippen LogP contribution in [0.4, 0.5) is 11.1 Å². The van der Waals surface area contributed by atoms with Crippen LogP contribution in [0.5, 0.6) is 5.75 Å². The van der Waals surface area contributed by atoms with Crippen molar-refractivity contribution < 1.29 is 4.74 Å². The summed E-state index contributed by atoms with van der Waals surface area (Å²) in [7, 11) is 1.65. The SMILES string of the molecule is COc1ccc(-c2sc(Nc3ncc(Cl)c(-n4nnc5ccccc54)n3)nc2C)cc1. The van der Waals surface area contributed by atoms with Gasteiger partial charge in [-0.3, -0.25) is 5.32 Å². The molecule has 2 aromatic carbocycles. The van der Waals surface area contributed by atoms with Crippen LogP contribution in [0, 0.1) is 6.92 Å². The highest BCUT2D eigenvalue weighted by atomic mass is 35.5. The fourth-order valence-corrected chi connectivity index (χ4v) is 4.28. The monoisotopic (exact) mass is 449 g/mol. The minimum atomic E-state index is 0.369. The fourth-order valence-electron chi connectivity index (χ4n) is 3.15. The van der Waals surface area contributed by atoms with Gasteiger partial charge in [-0.1, -0.05) is 40.3 Å². The zero-order valence-corrected chi connectivity index (χ0v) is 18.1. The summed E-state index contributed by atoms with van der Waals surface area (Å²) in [6.45, 7) is 1.97. The largest absolute Gasteiger partial charge is 0.497 e. The molecule has 0 amide bonds. The van der Waals surface area contributed by atoms with E-state index in [1.165, 1.54) is 17.5 Å². The summed E-state index contributed by atoms with van der Waals surface area (Å²) in [4.78, 5) is 14.5. The molecular weight excluding hydrogens is 434 g/mol. The molecule has 5 aromatic rings. The second-order valence-corrected chi connectivity index (χ2v) is 8.05. The summed E-state index contributed by atoms with van der Waals surface area (Å²) in [5, 5.41) is 12.6. The van der Waals surface area contributed by atoms with Gasteiger partial charge in [-0.25, -0.2) is 9.97 Å². The Morgan fingerprint density at radius 3 is 2.68 bits per heavy atom. The number of halogens is 1. The number of aromatic nitrogens is 6. The van der Waals surface area contributed by atoms with Crippen LogP contribution in [0.15, 0.2) is 54.7 Å². The molecule has 31 heavy (non-hydrogen) atoms. The van der Waals surface area contributed by atoms with Gasteiger partial charge < -0.3 is 4.74 Å². The van der Waals surface area contributed by atoms with E-state index in [1.807, 2.05) is 55.5 Å². The van der Waals surface area contributed by atoms with Crippen LogP contribution in [0.2, 0.25) is 5.02 Å². The molecule has 3 aromatic heterocycles. The number of rotatable bonds is 5. The molecule has 5 rings (SSSR count). The maximum absolute atomic E-state index is 6.36. The Kier molecular flexibility index (Phi) is 4.97. The lowest BCUT2D eigenvalue weighted by molar-refractivity contribution is 0.415. The number of nitrogens with zero attached hydrogens (tertiary/aromatic N) is 6. The first-order valence-electron chi connectivity index (χ1n) is 9.34. The van der Waals surface area contributed by atoms with E-state index in [4.69, 9.17) is 16.3 Å². The van der Waals surface area contributed by atoms with Gasteiger partial charge in [-0.05, 0) is 48.9 Å². The number of para-hydroxylation sites is 1. The molecule has 0 aliphatic carbocycles. The quantitative estimate of drug-likeness (QED) is 0.401. The zero-order valence-electron chi connectivity index (χ0n) is 16.6. The van der Waals surface area contributed by atoms with Crippen molar-refractivity contribution in [1.29, 1.82) is 0 Å². The number of thiazole rings is 1. The Labute approximate surface area is 186 Å². The van der Waals surface area contributed by atoms with Gasteiger partial charge >= 0.3 is 0 Å². The lowest BCUT2D eigenvalue weighted by atomic mass is 10.1. The van der Waals surface area contributed by atoms with E-state index in [-0.39, 0.29) is 0 Å². The van der Waals surface area contributed by atoms with Gasteiger partial charge in [0, 0.05) is 0 Å². The molecule has 0 saturated carbocycles. The molecule has 0 bridgehead atoms. The van der Waals surface area contributed by atoms with Gasteiger partial charge in [0.05, 0.1) is 29.4 Å². The minimum Gasteiger partial charge on any atom is -0.497 e. The lowest BCUT2D eigenvalue weighted by Crippen LogP contribution is -2.05. The second kappa shape index (κ2) is 7.93. The third-order valence-corrected chi connectivity index (χ3v) is 6.03. The molecule has 0 aliphatic heterocycles. The Balaban J connectivity index is 1.46. The molecule has 0 radical (unpaired) electrons. The van der Waals surface area contributed by atoms with Crippen molar-refractivity contribution in [2.24, 2.45) is 0 Å². The molecule has 0 spiro atoms. The summed E-state index contributed by atoms with van der Waals surface area (Å²) < 4.78 is 6.83. The number of ether oxygens (including phenoxy) is 1. The number of hydrogen-bond acceptors (Lipinski definition) is 8. The summed E-state index contributed by atoms with van der Waals surface area (Å²) in [5.41, 5.74) is 3.54. The fraction of sp³-hybridized carbons (Fsp3) is 0.0952. The van der Waals surface area contributed by atoms with Crippen molar-refractivity contribution in [3.8, 4) is 22.0 Å². The Morgan fingerprint density at radius 2 is 1.87 bits per heavy atom. The van der Waals surface area contributed by atoms with Crippen molar-refractivity contribution in [2.45, 2.75) is 6.92 Å². The van der Waals surface area contributed by atoms with Gasteiger partial charge in [0.1, 0.15) is 16.3 Å². The molecule has 8 nitrogen and oxygen atoms in total. The molecular formula is C21H16ClN7OS. The van der Waals surface area contributed by atoms with E-state index in [2.05, 4.69) is 30.6 Å². The Bertz CT molecular complexity index is 1380. The predicted molar refractivity (Wildman–Crippen MR) is 122 cm³/mol. The number of aryl methyl sites for hydroxylation is 1. The molecule has 10 heteroatoms. The molecule has 0 fully saturated rings. The first-order valence-corrected chi connectivity index (χ1v) is 10.5. The minimum absolute atomic E-state index is 0.369. The second-order valence-electron chi connectivity index (χ2n) is 6.64. The first kappa shape index (κ1) is 19.4. The average Bonchev–Trinajstić information content (AvgIpc) is 3.38. The van der Waals surface area contributed by atoms with E-state index >= 15 is 0 Å². The third-order valence-electron chi connectivity index (χ3n) is 4.65. The molecule has 0 saturated heterocycles. The molecule has 154 valence electrons. The summed E-state index contributed by atoms with van der Waals surface area (Å²) >= 11 is 7.88. The van der Waals surface area contributed by atoms with E-state index in [0.717, 1.165) is 32.9 Å². The van der Waals surface area contributed by atoms with Crippen LogP contribution in [-0.2, 0) is 0 Å². The smallest absolute Gasteiger partial charge is 0.231 e. The van der Waals surface area contributed by atoms with Gasteiger partial charge in [0.2, 0.25) is 5.95 Å². The normalized spacial score (nSPS) is 11.1. The van der Waals surface area contributed by atoms with Crippen molar-refractivity contribution in [1.82, 2.24) is 29.9 Å². The van der Waals surface area contributed by atoms with Crippen LogP contribution in [-0.4, -0.2) is 37.1 Å². The van der Waals surface area contributed by atoms with E-state index in [1.54, 1.807) is 11.8 Å². The molecule has 0 atom stereocenters. The third kappa shape index (κ3) is 3.69. The molecule has 3 heterocycles. The van der Waals surface area contributed by atoms with E-state index in [9.17, 15) is 0 Å². The zero-order chi connectivity index (χ0) is 21.4. The summed E-state index contributed by atoms with van der Waals surface area (Å²) in [5.74, 6) is 1.62. The number of anilines is 2. The van der Waals surface area contributed by atoms with Gasteiger partial charge in [0.25, 0.3) is 0 Å². The summed E-state index contributed by atoms with van der Waals surface area (Å²) in [6.07, 6.45) is 1.54. The van der Waals surface area contributed by atoms with Gasteiger partial charge in [-0.15, -0.1) is 5.10 Å². The summed E-state index contributed by atoms with van der Waals surface area (Å²) in [6, 6.07) is 15.5. The number of benzene rings is 2. The van der Waals surface area contributed by atoms with Crippen molar-refractivity contribution >= 4 is 45.1 Å². The predicted octanol–water partition coefficient (Wildman–Crippen LogP) is 5.05. The topological polar surface area (TPSA) is 90.6 Å². The van der Waals surface area contributed by atoms with Crippen LogP contribution in [0.1, 0.15) is 5.69 Å².